The number of H-pyrrole nitrogens is 2. The third-order valence-corrected chi connectivity index (χ3v) is 19.1. The molecule has 9 aliphatic rings. The first-order valence-electron chi connectivity index (χ1n) is 27.3. The Labute approximate surface area is 448 Å². The van der Waals surface area contributed by atoms with E-state index in [-0.39, 0.29) is 23.9 Å². The van der Waals surface area contributed by atoms with Crippen LogP contribution in [0.3, 0.4) is 0 Å². The summed E-state index contributed by atoms with van der Waals surface area (Å²) < 4.78 is 9.87. The number of allylic oxidation sites excluding steroid dienone is 4. The fraction of sp³-hybridized carbons (Fsp3) is 0.525. The second-order valence-corrected chi connectivity index (χ2v) is 24.1. The van der Waals surface area contributed by atoms with Crippen molar-refractivity contribution in [2.24, 2.45) is 35.5 Å². The minimum atomic E-state index is -0.660. The topological polar surface area (TPSA) is 175 Å². The lowest BCUT2D eigenvalue weighted by Gasteiger charge is -2.30. The molecule has 2 saturated heterocycles. The number of aromatic nitrogens is 4. The van der Waals surface area contributed by atoms with Gasteiger partial charge in [0, 0.05) is 13.1 Å². The molecule has 4 unspecified atom stereocenters. The molecule has 3 aromatic carbocycles. The molecule has 4 bridgehead atoms. The van der Waals surface area contributed by atoms with Crippen molar-refractivity contribution in [3.63, 3.8) is 0 Å². The van der Waals surface area contributed by atoms with Gasteiger partial charge in [0.2, 0.25) is 11.8 Å². The smallest absolute Gasteiger partial charge is 0.407 e. The summed E-state index contributed by atoms with van der Waals surface area (Å²) in [5.41, 5.74) is 12.8. The lowest BCUT2D eigenvalue weighted by molar-refractivity contribution is -0.135. The number of nitrogens with one attached hydrogen (secondary N) is 4. The van der Waals surface area contributed by atoms with Crippen LogP contribution in [-0.2, 0) is 31.9 Å². The van der Waals surface area contributed by atoms with Crippen LogP contribution >= 0.6 is 23.5 Å². The zero-order chi connectivity index (χ0) is 51.9. The summed E-state index contributed by atoms with van der Waals surface area (Å²) in [5.74, 6) is 5.20. The Balaban J connectivity index is 0.855. The minimum absolute atomic E-state index is 0.0609. The number of thioether (sulfide) groups is 2. The van der Waals surface area contributed by atoms with Crippen molar-refractivity contribution in [1.29, 1.82) is 0 Å². The third kappa shape index (κ3) is 10.2. The number of nitrogens with zero attached hydrogens (tertiary/aromatic N) is 4. The number of fused-ring (bicyclic) bond motifs is 4. The van der Waals surface area contributed by atoms with Crippen molar-refractivity contribution >= 4 is 75.2 Å². The molecule has 396 valence electrons. The summed E-state index contributed by atoms with van der Waals surface area (Å²) in [6.07, 6.45) is 19.0. The van der Waals surface area contributed by atoms with Gasteiger partial charge in [0.05, 0.1) is 48.4 Å². The molecule has 7 aliphatic carbocycles. The monoisotopic (exact) mass is 1050 g/mol. The van der Waals surface area contributed by atoms with E-state index in [1.807, 2.05) is 22.3 Å². The molecule has 10 atom stereocenters. The molecule has 2 aromatic heterocycles. The van der Waals surface area contributed by atoms with Crippen molar-refractivity contribution in [2.75, 3.05) is 51.3 Å². The largest absolute Gasteiger partial charge is 0.453 e. The van der Waals surface area contributed by atoms with Crippen molar-refractivity contribution in [3.05, 3.63) is 101 Å². The minimum Gasteiger partial charge on any atom is -0.453 e. The standard InChI is InChI=1S/C59H72N8O6S2/c1-33-26-37-15-13-34(27-44(37)38-18-20-46-50(29-38)62-54(60-46)52-42-10-6-8-40(42)31-66(52)56(68)48(22-24-74-4)64-58(70)72-2)12-14-35-16-17-36(33)28-45(35)39-19-21-47-51(30-39)63-55(61-47)53-43-11-7-9-41(43)32-67(53)57(69)49(23-25-75-5)65-59(71)73-3/h13,15-21,27,29-30,33,36,40-43,48-49,52-53H,6-12,14,22-26,28,31-32H2,1-5H3,(H,60,62)(H,61,63)(H,64,70)(H,65,71)/t33-,36-,40?,41?,42?,43?,48+,49+,52+,53+/m1/s1. The molecular formula is C59H72N8O6S2. The molecule has 4 amide bonds. The summed E-state index contributed by atoms with van der Waals surface area (Å²) in [6, 6.07) is 18.7. The van der Waals surface area contributed by atoms with Gasteiger partial charge >= 0.3 is 12.2 Å². The number of aryl methyl sites for hydroxylation is 1. The molecule has 2 aliphatic heterocycles. The summed E-state index contributed by atoms with van der Waals surface area (Å²) in [5, 5.41) is 5.68. The Morgan fingerprint density at radius 3 is 1.83 bits per heavy atom. The number of hydrogen-bond donors (Lipinski definition) is 4. The van der Waals surface area contributed by atoms with Gasteiger partial charge in [-0.25, -0.2) is 19.6 Å². The van der Waals surface area contributed by atoms with Crippen molar-refractivity contribution in [2.45, 2.75) is 108 Å². The number of imidazole rings is 2. The van der Waals surface area contributed by atoms with Gasteiger partial charge in [-0.05, 0) is 187 Å². The van der Waals surface area contributed by atoms with Gasteiger partial charge in [-0.2, -0.15) is 23.5 Å². The number of carbonyl (C=O) groups excluding carboxylic acids is 4. The van der Waals surface area contributed by atoms with E-state index < -0.39 is 24.3 Å². The molecule has 5 aromatic rings. The maximum atomic E-state index is 14.4. The van der Waals surface area contributed by atoms with E-state index in [0.717, 1.165) is 115 Å². The SMILES string of the molecule is COC(=O)N[C@@H](CCSC)C(=O)N1CC2CCCC2[C@H]1c1nc2ccc(C3=C4C=C[C@H](C3)[C@H](C)Cc3ccc(cc3-c3ccc5nc([C@@H]6C7CCCC7CN6C(=O)[C@H](CCSC)NC(=O)OC)[nH]c5c3)CC4)cc2[nH]1. The first-order valence-corrected chi connectivity index (χ1v) is 30.1. The van der Waals surface area contributed by atoms with Gasteiger partial charge in [-0.1, -0.05) is 62.2 Å². The third-order valence-electron chi connectivity index (χ3n) is 17.8. The molecule has 14 nitrogen and oxygen atoms in total. The highest BCUT2D eigenvalue weighted by atomic mass is 32.2. The van der Waals surface area contributed by atoms with Crippen LogP contribution in [0.5, 0.6) is 0 Å². The zero-order valence-electron chi connectivity index (χ0n) is 44.0. The van der Waals surface area contributed by atoms with E-state index in [2.05, 4.69) is 94.3 Å². The molecule has 16 heteroatoms. The highest BCUT2D eigenvalue weighted by Crippen LogP contribution is 2.51. The Morgan fingerprint density at radius 2 is 1.27 bits per heavy atom. The highest BCUT2D eigenvalue weighted by molar-refractivity contribution is 7.98. The van der Waals surface area contributed by atoms with Crippen LogP contribution in [0.1, 0.15) is 112 Å². The lowest BCUT2D eigenvalue weighted by Crippen LogP contribution is -2.49. The average Bonchev–Trinajstić information content (AvgIpc) is 4.31. The fourth-order valence-electron chi connectivity index (χ4n) is 14.0. The number of likely N-dealkylation sites (tertiary alicyclic amines) is 2. The second kappa shape index (κ2) is 22.1. The van der Waals surface area contributed by atoms with Gasteiger partial charge in [-0.15, -0.1) is 0 Å². The van der Waals surface area contributed by atoms with E-state index in [9.17, 15) is 19.2 Å². The number of methoxy groups -OCH3 is 2. The van der Waals surface area contributed by atoms with Crippen LogP contribution < -0.4 is 10.6 Å². The Kier molecular flexibility index (Phi) is 15.1. The Morgan fingerprint density at radius 1 is 0.707 bits per heavy atom. The zero-order valence-corrected chi connectivity index (χ0v) is 45.6. The van der Waals surface area contributed by atoms with E-state index in [4.69, 9.17) is 19.4 Å². The molecule has 0 radical (unpaired) electrons. The molecule has 4 N–H and O–H groups in total. The van der Waals surface area contributed by atoms with E-state index in [0.29, 0.717) is 61.4 Å². The molecule has 4 heterocycles. The van der Waals surface area contributed by atoms with Gasteiger partial charge in [0.1, 0.15) is 23.7 Å². The van der Waals surface area contributed by atoms with Crippen LogP contribution in [0.15, 0.2) is 72.3 Å². The summed E-state index contributed by atoms with van der Waals surface area (Å²) in [4.78, 5) is 75.4. The highest BCUT2D eigenvalue weighted by Gasteiger charge is 2.51. The molecule has 14 rings (SSSR count). The number of amides is 4. The number of ether oxygens (including phenoxy) is 2. The Bertz CT molecular complexity index is 3040. The predicted octanol–water partition coefficient (Wildman–Crippen LogP) is 10.8. The number of aromatic amines is 2. The number of rotatable bonds is 14. The predicted molar refractivity (Wildman–Crippen MR) is 298 cm³/mol. The first kappa shape index (κ1) is 51.4. The molecule has 2 saturated carbocycles. The summed E-state index contributed by atoms with van der Waals surface area (Å²) in [7, 11) is 2.67. The second-order valence-electron chi connectivity index (χ2n) is 22.1. The Hall–Kier alpha value is -5.74. The number of alkyl carbamates (subject to hydrolysis) is 2. The number of benzene rings is 3. The fourth-order valence-corrected chi connectivity index (χ4v) is 14.9. The number of carbonyl (C=O) groups is 4. The molecule has 0 spiro atoms. The van der Waals surface area contributed by atoms with Gasteiger partial charge in [0.15, 0.2) is 0 Å². The van der Waals surface area contributed by atoms with Gasteiger partial charge in [-0.3, -0.25) is 9.59 Å². The molecular weight excluding hydrogens is 981 g/mol. The van der Waals surface area contributed by atoms with Crippen LogP contribution in [0, 0.1) is 35.5 Å². The average molecular weight is 1050 g/mol. The van der Waals surface area contributed by atoms with Crippen molar-refractivity contribution in [1.82, 2.24) is 40.4 Å². The van der Waals surface area contributed by atoms with Crippen molar-refractivity contribution in [3.8, 4) is 11.1 Å². The molecule has 4 fully saturated rings. The van der Waals surface area contributed by atoms with E-state index in [1.54, 1.807) is 23.5 Å². The number of hydrogen-bond acceptors (Lipinski definition) is 10. The maximum absolute atomic E-state index is 14.4. The maximum Gasteiger partial charge on any atom is 0.407 e. The van der Waals surface area contributed by atoms with Crippen LogP contribution in [0.25, 0.3) is 38.8 Å². The first-order chi connectivity index (χ1) is 36.5. The van der Waals surface area contributed by atoms with Crippen LogP contribution in [-0.4, -0.2) is 117 Å². The summed E-state index contributed by atoms with van der Waals surface area (Å²) >= 11 is 3.32. The van der Waals surface area contributed by atoms with Gasteiger partial charge in [0.25, 0.3) is 0 Å². The summed E-state index contributed by atoms with van der Waals surface area (Å²) in [6.45, 7) is 3.74. The van der Waals surface area contributed by atoms with Crippen LogP contribution in [0.2, 0.25) is 0 Å². The lowest BCUT2D eigenvalue weighted by atomic mass is 9.75. The quantitative estimate of drug-likeness (QED) is 0.0838. The normalized spacial score (nSPS) is 25.8. The van der Waals surface area contributed by atoms with E-state index >= 15 is 0 Å². The van der Waals surface area contributed by atoms with Crippen molar-refractivity contribution < 1.29 is 28.7 Å². The molecule has 75 heavy (non-hydrogen) atoms. The van der Waals surface area contributed by atoms with Gasteiger partial charge < -0.3 is 39.9 Å². The van der Waals surface area contributed by atoms with E-state index in [1.165, 1.54) is 47.6 Å². The van der Waals surface area contributed by atoms with Crippen LogP contribution in [0.4, 0.5) is 9.59 Å².